The molecule has 2 aliphatic heterocycles. The minimum absolute atomic E-state index is 0.122. The molecule has 0 radical (unpaired) electrons. The topological polar surface area (TPSA) is 83.5 Å². The number of carbonyl (C=O) groups excluding carboxylic acids is 1. The molecule has 0 unspecified atom stereocenters. The number of aromatic nitrogens is 3. The highest BCUT2D eigenvalue weighted by Gasteiger charge is 2.29. The number of aryl methyl sites for hydroxylation is 1. The lowest BCUT2D eigenvalue weighted by molar-refractivity contribution is -0.138. The molecule has 0 bridgehead atoms. The minimum Gasteiger partial charge on any atom is -0.381 e. The van der Waals surface area contributed by atoms with E-state index in [0.29, 0.717) is 19.0 Å². The molecule has 2 fully saturated rings. The Bertz CT molecular complexity index is 816. The molecular formula is C20H26N6O2. The van der Waals surface area contributed by atoms with Crippen molar-refractivity contribution in [2.24, 2.45) is 5.92 Å². The first-order valence-corrected chi connectivity index (χ1v) is 9.82. The zero-order chi connectivity index (χ0) is 19.3. The van der Waals surface area contributed by atoms with Crippen LogP contribution in [0.15, 0.2) is 30.7 Å². The van der Waals surface area contributed by atoms with Crippen molar-refractivity contribution in [1.82, 2.24) is 19.9 Å². The Morgan fingerprint density at radius 3 is 2.57 bits per heavy atom. The van der Waals surface area contributed by atoms with Gasteiger partial charge >= 0.3 is 0 Å². The smallest absolute Gasteiger partial charge is 0.225 e. The molecule has 8 nitrogen and oxygen atoms in total. The van der Waals surface area contributed by atoms with Crippen LogP contribution in [-0.2, 0) is 9.53 Å². The summed E-state index contributed by atoms with van der Waals surface area (Å²) in [7, 11) is 0. The van der Waals surface area contributed by atoms with Gasteiger partial charge in [-0.05, 0) is 37.5 Å². The molecule has 1 amide bonds. The number of anilines is 3. The molecule has 0 aliphatic carbocycles. The van der Waals surface area contributed by atoms with Gasteiger partial charge in [0.2, 0.25) is 5.91 Å². The predicted octanol–water partition coefficient (Wildman–Crippen LogP) is 2.00. The highest BCUT2D eigenvalue weighted by atomic mass is 16.5. The molecule has 0 spiro atoms. The van der Waals surface area contributed by atoms with Gasteiger partial charge in [0.25, 0.3) is 0 Å². The molecule has 0 aromatic carbocycles. The number of carbonyl (C=O) groups is 1. The lowest BCUT2D eigenvalue weighted by Gasteiger charge is -2.37. The van der Waals surface area contributed by atoms with Crippen molar-refractivity contribution >= 4 is 23.4 Å². The van der Waals surface area contributed by atoms with Crippen LogP contribution in [-0.4, -0.2) is 65.2 Å². The van der Waals surface area contributed by atoms with Gasteiger partial charge in [0.1, 0.15) is 23.8 Å². The number of amides is 1. The van der Waals surface area contributed by atoms with E-state index in [1.54, 1.807) is 12.5 Å². The summed E-state index contributed by atoms with van der Waals surface area (Å²) in [5.41, 5.74) is 1.14. The zero-order valence-corrected chi connectivity index (χ0v) is 16.2. The van der Waals surface area contributed by atoms with Gasteiger partial charge in [-0.1, -0.05) is 0 Å². The SMILES string of the molecule is Cc1ccnc(Nc2cc(N3CCN(C(=O)C4CCOCC4)CC3)ncn2)c1. The third-order valence-electron chi connectivity index (χ3n) is 5.31. The number of nitrogens with zero attached hydrogens (tertiary/aromatic N) is 5. The molecule has 148 valence electrons. The zero-order valence-electron chi connectivity index (χ0n) is 16.2. The second kappa shape index (κ2) is 8.52. The average molecular weight is 382 g/mol. The van der Waals surface area contributed by atoms with Gasteiger partial charge < -0.3 is 19.9 Å². The Balaban J connectivity index is 1.36. The van der Waals surface area contributed by atoms with E-state index < -0.39 is 0 Å². The highest BCUT2D eigenvalue weighted by molar-refractivity contribution is 5.79. The number of hydrogen-bond donors (Lipinski definition) is 1. The van der Waals surface area contributed by atoms with E-state index in [1.807, 2.05) is 30.0 Å². The van der Waals surface area contributed by atoms with Gasteiger partial charge in [-0.3, -0.25) is 4.79 Å². The highest BCUT2D eigenvalue weighted by Crippen LogP contribution is 2.22. The number of nitrogens with one attached hydrogen (secondary N) is 1. The second-order valence-corrected chi connectivity index (χ2v) is 7.30. The molecule has 2 aliphatic rings. The average Bonchev–Trinajstić information content (AvgIpc) is 2.74. The van der Waals surface area contributed by atoms with Crippen molar-refractivity contribution in [1.29, 1.82) is 0 Å². The fourth-order valence-electron chi connectivity index (χ4n) is 3.68. The van der Waals surface area contributed by atoms with Gasteiger partial charge in [0.15, 0.2) is 0 Å². The van der Waals surface area contributed by atoms with Gasteiger partial charge in [-0.25, -0.2) is 15.0 Å². The van der Waals surface area contributed by atoms with E-state index in [1.165, 1.54) is 0 Å². The van der Waals surface area contributed by atoms with Crippen molar-refractivity contribution in [3.8, 4) is 0 Å². The Hall–Kier alpha value is -2.74. The van der Waals surface area contributed by atoms with E-state index in [-0.39, 0.29) is 11.8 Å². The molecule has 8 heteroatoms. The molecule has 1 N–H and O–H groups in total. The van der Waals surface area contributed by atoms with E-state index in [0.717, 1.165) is 56.2 Å². The Labute approximate surface area is 164 Å². The van der Waals surface area contributed by atoms with Crippen molar-refractivity contribution in [3.05, 3.63) is 36.3 Å². The molecule has 0 saturated carbocycles. The van der Waals surface area contributed by atoms with Crippen LogP contribution in [0.4, 0.5) is 17.5 Å². The molecule has 2 saturated heterocycles. The molecule has 4 rings (SSSR count). The summed E-state index contributed by atoms with van der Waals surface area (Å²) in [5.74, 6) is 2.74. The van der Waals surface area contributed by atoms with Gasteiger partial charge in [-0.15, -0.1) is 0 Å². The number of ether oxygens (including phenoxy) is 1. The summed E-state index contributed by atoms with van der Waals surface area (Å²) in [6, 6.07) is 5.86. The van der Waals surface area contributed by atoms with Gasteiger partial charge in [0, 0.05) is 57.6 Å². The van der Waals surface area contributed by atoms with Crippen molar-refractivity contribution in [3.63, 3.8) is 0 Å². The van der Waals surface area contributed by atoms with Crippen LogP contribution in [0, 0.1) is 12.8 Å². The monoisotopic (exact) mass is 382 g/mol. The van der Waals surface area contributed by atoms with Crippen LogP contribution in [0.2, 0.25) is 0 Å². The summed E-state index contributed by atoms with van der Waals surface area (Å²) < 4.78 is 5.37. The Kier molecular flexibility index (Phi) is 5.66. The predicted molar refractivity (Wildman–Crippen MR) is 107 cm³/mol. The summed E-state index contributed by atoms with van der Waals surface area (Å²) in [5, 5.41) is 3.23. The maximum Gasteiger partial charge on any atom is 0.225 e. The summed E-state index contributed by atoms with van der Waals surface area (Å²) in [6.45, 7) is 6.41. The normalized spacial score (nSPS) is 18.2. The first kappa shape index (κ1) is 18.6. The molecule has 28 heavy (non-hydrogen) atoms. The van der Waals surface area contributed by atoms with Crippen LogP contribution >= 0.6 is 0 Å². The number of piperazine rings is 1. The van der Waals surface area contributed by atoms with Crippen molar-refractivity contribution in [2.75, 3.05) is 49.6 Å². The van der Waals surface area contributed by atoms with Crippen LogP contribution < -0.4 is 10.2 Å². The fraction of sp³-hybridized carbons (Fsp3) is 0.500. The molecule has 2 aromatic rings. The maximum absolute atomic E-state index is 12.7. The largest absolute Gasteiger partial charge is 0.381 e. The first-order valence-electron chi connectivity index (χ1n) is 9.82. The Morgan fingerprint density at radius 2 is 1.82 bits per heavy atom. The van der Waals surface area contributed by atoms with Crippen LogP contribution in [0.3, 0.4) is 0 Å². The summed E-state index contributed by atoms with van der Waals surface area (Å²) in [6.07, 6.45) is 5.02. The van der Waals surface area contributed by atoms with E-state index in [2.05, 4.69) is 25.2 Å². The van der Waals surface area contributed by atoms with E-state index in [4.69, 9.17) is 4.74 Å². The van der Waals surface area contributed by atoms with Crippen LogP contribution in [0.5, 0.6) is 0 Å². The third-order valence-corrected chi connectivity index (χ3v) is 5.31. The van der Waals surface area contributed by atoms with Crippen molar-refractivity contribution in [2.45, 2.75) is 19.8 Å². The second-order valence-electron chi connectivity index (χ2n) is 7.30. The molecular weight excluding hydrogens is 356 g/mol. The summed E-state index contributed by atoms with van der Waals surface area (Å²) >= 11 is 0. The lowest BCUT2D eigenvalue weighted by Crippen LogP contribution is -2.51. The molecule has 0 atom stereocenters. The maximum atomic E-state index is 12.7. The van der Waals surface area contributed by atoms with Gasteiger partial charge in [0.05, 0.1) is 0 Å². The number of pyridine rings is 1. The number of rotatable bonds is 4. The summed E-state index contributed by atoms with van der Waals surface area (Å²) in [4.78, 5) is 29.9. The van der Waals surface area contributed by atoms with Crippen LogP contribution in [0.25, 0.3) is 0 Å². The molecule has 4 heterocycles. The standard InChI is InChI=1S/C20H26N6O2/c1-15-2-5-21-17(12-15)24-18-13-19(23-14-22-18)25-6-8-26(9-7-25)20(27)16-3-10-28-11-4-16/h2,5,12-14,16H,3-4,6-11H2,1H3,(H,21,22,23,24). The van der Waals surface area contributed by atoms with E-state index >= 15 is 0 Å². The Morgan fingerprint density at radius 1 is 1.07 bits per heavy atom. The first-order chi connectivity index (χ1) is 13.7. The fourth-order valence-corrected chi connectivity index (χ4v) is 3.68. The van der Waals surface area contributed by atoms with E-state index in [9.17, 15) is 4.79 Å². The van der Waals surface area contributed by atoms with Gasteiger partial charge in [-0.2, -0.15) is 0 Å². The minimum atomic E-state index is 0.122. The lowest BCUT2D eigenvalue weighted by atomic mass is 9.98. The van der Waals surface area contributed by atoms with Crippen molar-refractivity contribution < 1.29 is 9.53 Å². The molecule has 2 aromatic heterocycles. The quantitative estimate of drug-likeness (QED) is 0.866. The third kappa shape index (κ3) is 4.39. The number of hydrogen-bond acceptors (Lipinski definition) is 7. The van der Waals surface area contributed by atoms with Crippen LogP contribution in [0.1, 0.15) is 18.4 Å².